The van der Waals surface area contributed by atoms with Crippen LogP contribution in [0.5, 0.6) is 0 Å². The minimum absolute atomic E-state index is 0.0267. The molecule has 51 heavy (non-hydrogen) atoms. The molecule has 1 aromatic rings. The highest BCUT2D eigenvalue weighted by Gasteiger charge is 2.69. The Kier molecular flexibility index (Phi) is 12.7. The second-order valence-corrected chi connectivity index (χ2v) is 15.2. The molecule has 5 atom stereocenters. The molecule has 0 radical (unpaired) electrons. The van der Waals surface area contributed by atoms with Crippen LogP contribution in [-0.4, -0.2) is 95.4 Å². The highest BCUT2D eigenvalue weighted by atomic mass is 16.6. The molecule has 1 aliphatic carbocycles. The predicted molar refractivity (Wildman–Crippen MR) is 190 cm³/mol. The van der Waals surface area contributed by atoms with E-state index in [2.05, 4.69) is 29.1 Å². The van der Waals surface area contributed by atoms with Gasteiger partial charge in [-0.2, -0.15) is 0 Å². The molecule has 1 unspecified atom stereocenters. The summed E-state index contributed by atoms with van der Waals surface area (Å²) < 4.78 is 11.0. The number of piperidine rings is 2. The van der Waals surface area contributed by atoms with Crippen LogP contribution < -0.4 is 16.0 Å². The van der Waals surface area contributed by atoms with E-state index in [9.17, 15) is 28.8 Å². The van der Waals surface area contributed by atoms with Gasteiger partial charge in [0.25, 0.3) is 5.91 Å². The quantitative estimate of drug-likeness (QED) is 0.195. The number of likely N-dealkylation sites (tertiary alicyclic amines) is 2. The number of ketones is 1. The van der Waals surface area contributed by atoms with Gasteiger partial charge in [-0.25, -0.2) is 9.59 Å². The van der Waals surface area contributed by atoms with Crippen LogP contribution in [0.1, 0.15) is 65.9 Å². The Morgan fingerprint density at radius 3 is 2.27 bits per heavy atom. The van der Waals surface area contributed by atoms with E-state index in [1.165, 1.54) is 11.0 Å². The molecule has 2 aliphatic heterocycles. The van der Waals surface area contributed by atoms with Gasteiger partial charge in [0.05, 0.1) is 6.04 Å². The molecule has 0 bridgehead atoms. The number of Topliss-reactive ketones (excluding diaryl/α,β-unsaturated/α-hetero) is 1. The van der Waals surface area contributed by atoms with Crippen LogP contribution in [0.3, 0.4) is 0 Å². The van der Waals surface area contributed by atoms with Crippen molar-refractivity contribution in [1.29, 1.82) is 0 Å². The lowest BCUT2D eigenvalue weighted by atomic mass is 9.88. The minimum atomic E-state index is -1.13. The van der Waals surface area contributed by atoms with Crippen LogP contribution in [0.2, 0.25) is 0 Å². The van der Waals surface area contributed by atoms with Gasteiger partial charge in [-0.3, -0.25) is 19.2 Å². The Hall–Kier alpha value is -4.68. The van der Waals surface area contributed by atoms with E-state index in [4.69, 9.17) is 9.47 Å². The van der Waals surface area contributed by atoms with Crippen molar-refractivity contribution in [2.24, 2.45) is 23.2 Å². The number of hydrogen-bond donors (Lipinski definition) is 3. The van der Waals surface area contributed by atoms with Gasteiger partial charge < -0.3 is 35.2 Å². The highest BCUT2D eigenvalue weighted by molar-refractivity contribution is 6.38. The average molecular weight is 708 g/mol. The highest BCUT2D eigenvalue weighted by Crippen LogP contribution is 2.65. The molecule has 2 saturated heterocycles. The number of carbonyl (C=O) groups excluding carboxylic acids is 6. The van der Waals surface area contributed by atoms with Gasteiger partial charge >= 0.3 is 12.2 Å². The Morgan fingerprint density at radius 1 is 1.00 bits per heavy atom. The molecule has 2 heterocycles. The maximum atomic E-state index is 14.5. The molecule has 0 aromatic heterocycles. The molecule has 1 saturated carbocycles. The molecule has 278 valence electrons. The number of nitrogens with one attached hydrogen (secondary N) is 3. The van der Waals surface area contributed by atoms with Crippen LogP contribution in [0, 0.1) is 23.2 Å². The van der Waals surface area contributed by atoms with Gasteiger partial charge in [-0.15, -0.1) is 13.2 Å². The first kappa shape index (κ1) is 39.1. The van der Waals surface area contributed by atoms with E-state index in [0.717, 1.165) is 5.56 Å². The summed E-state index contributed by atoms with van der Waals surface area (Å²) in [7, 11) is 0. The topological polar surface area (TPSA) is 163 Å². The van der Waals surface area contributed by atoms with Crippen molar-refractivity contribution in [2.75, 3.05) is 26.2 Å². The van der Waals surface area contributed by atoms with Gasteiger partial charge in [0.2, 0.25) is 17.6 Å². The fourth-order valence-electron chi connectivity index (χ4n) is 7.25. The van der Waals surface area contributed by atoms with Crippen LogP contribution >= 0.6 is 0 Å². The first-order valence-electron chi connectivity index (χ1n) is 17.7. The summed E-state index contributed by atoms with van der Waals surface area (Å²) in [6.07, 6.45) is 3.14. The third-order valence-electron chi connectivity index (χ3n) is 10.1. The number of nitrogens with zero attached hydrogens (tertiary/aromatic N) is 2. The standard InChI is InChI=1S/C38H53N5O8/c1-8-10-16-27(31(44)33(46)39-19-9-2)40-32(45)30-28-26(38(28,6)7)22-43(30)34(47)29(41-35(48)51-37(3,4)5)25-17-20-42(21-18-25)36(49)50-23-24-14-12-11-13-15-24/h8-9,11-15,25-30H,1-2,10,16-23H2,3-7H3,(H,39,46)(H,40,45)(H,41,48)/t26-,27?,28-,29-,30-/m0/s1. The molecule has 3 fully saturated rings. The van der Waals surface area contributed by atoms with Gasteiger partial charge in [0.1, 0.15) is 24.3 Å². The number of rotatable bonds is 14. The maximum absolute atomic E-state index is 14.5. The Bertz CT molecular complexity index is 1480. The van der Waals surface area contributed by atoms with Crippen molar-refractivity contribution in [3.8, 4) is 0 Å². The van der Waals surface area contributed by atoms with Crippen LogP contribution in [0.4, 0.5) is 9.59 Å². The number of carbonyl (C=O) groups is 6. The zero-order chi connectivity index (χ0) is 37.5. The van der Waals surface area contributed by atoms with Crippen LogP contribution in [0.15, 0.2) is 55.6 Å². The zero-order valence-electron chi connectivity index (χ0n) is 30.4. The van der Waals surface area contributed by atoms with Crippen molar-refractivity contribution in [1.82, 2.24) is 25.8 Å². The van der Waals surface area contributed by atoms with Crippen molar-refractivity contribution >= 4 is 35.7 Å². The molecule has 13 heteroatoms. The van der Waals surface area contributed by atoms with E-state index in [1.807, 2.05) is 44.2 Å². The van der Waals surface area contributed by atoms with Gasteiger partial charge in [0, 0.05) is 26.2 Å². The molecule has 3 aliphatic rings. The number of fused-ring (bicyclic) bond motifs is 1. The number of amides is 5. The number of hydrogen-bond acceptors (Lipinski definition) is 8. The molecule has 4 rings (SSSR count). The normalized spacial score (nSPS) is 22.0. The van der Waals surface area contributed by atoms with Gasteiger partial charge in [-0.1, -0.05) is 56.3 Å². The molecule has 0 spiro atoms. The SMILES string of the molecule is C=CCCC(NC(=O)[C@@H]1[C@@H]2[C@H](CN1C(=O)[C@@H](NC(=O)OC(C)(C)C)C1CCN(C(=O)OCc3ccccc3)CC1)C2(C)C)C(=O)C(=O)NCC=C. The molecular weight excluding hydrogens is 654 g/mol. The fourth-order valence-corrected chi connectivity index (χ4v) is 7.25. The Morgan fingerprint density at radius 2 is 1.67 bits per heavy atom. The lowest BCUT2D eigenvalue weighted by Crippen LogP contribution is -2.60. The van der Waals surface area contributed by atoms with E-state index >= 15 is 0 Å². The van der Waals surface area contributed by atoms with Crippen molar-refractivity contribution in [3.05, 3.63) is 61.2 Å². The second kappa shape index (κ2) is 16.6. The Labute approximate surface area is 300 Å². The molecular formula is C38H53N5O8. The summed E-state index contributed by atoms with van der Waals surface area (Å²) in [6.45, 7) is 17.6. The van der Waals surface area contributed by atoms with Crippen molar-refractivity contribution in [3.63, 3.8) is 0 Å². The lowest BCUT2D eigenvalue weighted by Gasteiger charge is -2.39. The largest absolute Gasteiger partial charge is 0.445 e. The van der Waals surface area contributed by atoms with E-state index in [0.29, 0.717) is 32.4 Å². The minimum Gasteiger partial charge on any atom is -0.445 e. The van der Waals surface area contributed by atoms with Gasteiger partial charge in [-0.05, 0) is 75.2 Å². The molecule has 5 amide bonds. The lowest BCUT2D eigenvalue weighted by molar-refractivity contribution is -0.145. The Balaban J connectivity index is 1.52. The summed E-state index contributed by atoms with van der Waals surface area (Å²) in [6, 6.07) is 6.27. The number of ether oxygens (including phenoxy) is 2. The number of alkyl carbamates (subject to hydrolysis) is 1. The average Bonchev–Trinajstić information content (AvgIpc) is 3.39. The first-order chi connectivity index (χ1) is 24.1. The second-order valence-electron chi connectivity index (χ2n) is 15.2. The van der Waals surface area contributed by atoms with E-state index in [1.54, 1.807) is 31.7 Å². The summed E-state index contributed by atoms with van der Waals surface area (Å²) in [5.74, 6) is -3.14. The van der Waals surface area contributed by atoms with E-state index in [-0.39, 0.29) is 49.3 Å². The fraction of sp³-hybridized carbons (Fsp3) is 0.579. The summed E-state index contributed by atoms with van der Waals surface area (Å²) in [4.78, 5) is 83.4. The third kappa shape index (κ3) is 9.77. The van der Waals surface area contributed by atoms with Gasteiger partial charge in [0.15, 0.2) is 0 Å². The maximum Gasteiger partial charge on any atom is 0.410 e. The summed E-state index contributed by atoms with van der Waals surface area (Å²) in [5, 5.41) is 8.04. The van der Waals surface area contributed by atoms with Crippen LogP contribution in [0.25, 0.3) is 0 Å². The number of allylic oxidation sites excluding steroid dienone is 1. The van der Waals surface area contributed by atoms with E-state index < -0.39 is 59.4 Å². The number of benzene rings is 1. The van der Waals surface area contributed by atoms with Crippen LogP contribution in [-0.2, 0) is 35.3 Å². The van der Waals surface area contributed by atoms with Crippen molar-refractivity contribution < 1.29 is 38.2 Å². The first-order valence-corrected chi connectivity index (χ1v) is 17.7. The summed E-state index contributed by atoms with van der Waals surface area (Å²) >= 11 is 0. The molecule has 3 N–H and O–H groups in total. The predicted octanol–water partition coefficient (Wildman–Crippen LogP) is 3.73. The third-order valence-corrected chi connectivity index (χ3v) is 10.1. The summed E-state index contributed by atoms with van der Waals surface area (Å²) in [5.41, 5.74) is -0.193. The smallest absolute Gasteiger partial charge is 0.410 e. The monoisotopic (exact) mass is 707 g/mol. The molecule has 13 nitrogen and oxygen atoms in total. The zero-order valence-corrected chi connectivity index (χ0v) is 30.4. The molecule has 1 aromatic carbocycles. The van der Waals surface area contributed by atoms with Crippen molar-refractivity contribution in [2.45, 2.75) is 90.6 Å².